The Hall–Kier alpha value is -2.57. The van der Waals surface area contributed by atoms with Crippen LogP contribution in [0.3, 0.4) is 0 Å². The number of nitrogens with zero attached hydrogens (tertiary/aromatic N) is 2. The molecule has 0 radical (unpaired) electrons. The van der Waals surface area contributed by atoms with Crippen molar-refractivity contribution in [1.29, 1.82) is 0 Å². The molecule has 156 valence electrons. The molecule has 1 fully saturated rings. The second-order valence-corrected chi connectivity index (χ2v) is 7.07. The molecule has 3 N–H and O–H groups in total. The first-order valence-corrected chi connectivity index (χ1v) is 10.4. The molecule has 2 aromatic carbocycles. The highest BCUT2D eigenvalue weighted by Gasteiger charge is 2.14. The lowest BCUT2D eigenvalue weighted by atomic mass is 10.1. The van der Waals surface area contributed by atoms with Gasteiger partial charge in [0.1, 0.15) is 0 Å². The van der Waals surface area contributed by atoms with E-state index in [1.165, 1.54) is 11.3 Å². The second-order valence-electron chi connectivity index (χ2n) is 7.07. The Balaban J connectivity index is 1.58. The Morgan fingerprint density at radius 1 is 1.07 bits per heavy atom. The van der Waals surface area contributed by atoms with Crippen LogP contribution in [0.25, 0.3) is 0 Å². The first kappa shape index (κ1) is 21.1. The van der Waals surface area contributed by atoms with E-state index < -0.39 is 6.10 Å². The van der Waals surface area contributed by atoms with Crippen molar-refractivity contribution < 1.29 is 9.84 Å². The number of hydrogen-bond acceptors (Lipinski definition) is 4. The fraction of sp³-hybridized carbons (Fsp3) is 0.435. The van der Waals surface area contributed by atoms with Gasteiger partial charge in [0.15, 0.2) is 5.96 Å². The van der Waals surface area contributed by atoms with E-state index >= 15 is 0 Å². The summed E-state index contributed by atoms with van der Waals surface area (Å²) in [4.78, 5) is 7.13. The summed E-state index contributed by atoms with van der Waals surface area (Å²) >= 11 is 0. The predicted molar refractivity (Wildman–Crippen MR) is 118 cm³/mol. The molecule has 6 heteroatoms. The number of benzene rings is 2. The number of rotatable bonds is 8. The highest BCUT2D eigenvalue weighted by molar-refractivity contribution is 5.79. The van der Waals surface area contributed by atoms with E-state index in [-0.39, 0.29) is 0 Å². The van der Waals surface area contributed by atoms with Crippen molar-refractivity contribution in [3.05, 3.63) is 65.7 Å². The van der Waals surface area contributed by atoms with E-state index in [1.807, 2.05) is 30.3 Å². The maximum absolute atomic E-state index is 10.3. The van der Waals surface area contributed by atoms with Gasteiger partial charge in [-0.15, -0.1) is 0 Å². The third-order valence-electron chi connectivity index (χ3n) is 4.99. The molecule has 1 aliphatic rings. The molecule has 1 saturated heterocycles. The summed E-state index contributed by atoms with van der Waals surface area (Å²) in [5, 5.41) is 17.0. The SMILES string of the molecule is CCNC(=NCc1ccccc1N1CCOCC1)NCCC(O)c1ccccc1. The first-order valence-electron chi connectivity index (χ1n) is 10.4. The second kappa shape index (κ2) is 11.4. The van der Waals surface area contributed by atoms with Crippen LogP contribution < -0.4 is 15.5 Å². The van der Waals surface area contributed by atoms with Gasteiger partial charge in [-0.3, -0.25) is 0 Å². The average Bonchev–Trinajstić information content (AvgIpc) is 2.79. The maximum Gasteiger partial charge on any atom is 0.191 e. The third-order valence-corrected chi connectivity index (χ3v) is 4.99. The van der Waals surface area contributed by atoms with Gasteiger partial charge < -0.3 is 25.4 Å². The van der Waals surface area contributed by atoms with E-state index in [9.17, 15) is 5.11 Å². The highest BCUT2D eigenvalue weighted by atomic mass is 16.5. The summed E-state index contributed by atoms with van der Waals surface area (Å²) in [6.07, 6.45) is 0.146. The molecule has 1 atom stereocenters. The van der Waals surface area contributed by atoms with E-state index in [1.54, 1.807) is 0 Å². The summed E-state index contributed by atoms with van der Waals surface area (Å²) in [6, 6.07) is 18.2. The standard InChI is InChI=1S/C23H32N4O2/c1-2-24-23(25-13-12-22(28)19-8-4-3-5-9-19)26-18-20-10-6-7-11-21(20)27-14-16-29-17-15-27/h3-11,22,28H,2,12-18H2,1H3,(H2,24,25,26). The van der Waals surface area contributed by atoms with Crippen molar-refractivity contribution in [1.82, 2.24) is 10.6 Å². The zero-order chi connectivity index (χ0) is 20.3. The molecular weight excluding hydrogens is 364 g/mol. The minimum Gasteiger partial charge on any atom is -0.388 e. The fourth-order valence-corrected chi connectivity index (χ4v) is 3.43. The molecule has 0 aliphatic carbocycles. The summed E-state index contributed by atoms with van der Waals surface area (Å²) in [6.45, 7) is 7.46. The number of hydrogen-bond donors (Lipinski definition) is 3. The number of ether oxygens (including phenoxy) is 1. The zero-order valence-electron chi connectivity index (χ0n) is 17.2. The molecule has 0 bridgehead atoms. The van der Waals surface area contributed by atoms with Crippen LogP contribution in [-0.4, -0.2) is 50.5 Å². The molecule has 1 heterocycles. The molecule has 0 aromatic heterocycles. The smallest absolute Gasteiger partial charge is 0.191 e. The average molecular weight is 397 g/mol. The monoisotopic (exact) mass is 396 g/mol. The van der Waals surface area contributed by atoms with Gasteiger partial charge in [-0.25, -0.2) is 4.99 Å². The molecule has 3 rings (SSSR count). The van der Waals surface area contributed by atoms with Crippen LogP contribution in [0.2, 0.25) is 0 Å². The van der Waals surface area contributed by atoms with Crippen LogP contribution in [0.4, 0.5) is 5.69 Å². The minimum atomic E-state index is -0.478. The number of aliphatic imine (C=N–C) groups is 1. The lowest BCUT2D eigenvalue weighted by molar-refractivity contribution is 0.122. The maximum atomic E-state index is 10.3. The lowest BCUT2D eigenvalue weighted by Crippen LogP contribution is -2.38. The van der Waals surface area contributed by atoms with E-state index in [0.29, 0.717) is 19.5 Å². The van der Waals surface area contributed by atoms with Gasteiger partial charge >= 0.3 is 0 Å². The van der Waals surface area contributed by atoms with Crippen molar-refractivity contribution >= 4 is 11.6 Å². The Morgan fingerprint density at radius 3 is 2.55 bits per heavy atom. The zero-order valence-corrected chi connectivity index (χ0v) is 17.2. The molecule has 2 aromatic rings. The quantitative estimate of drug-likeness (QED) is 0.473. The Kier molecular flexibility index (Phi) is 8.34. The van der Waals surface area contributed by atoms with Crippen LogP contribution in [0, 0.1) is 0 Å². The largest absolute Gasteiger partial charge is 0.388 e. The van der Waals surface area contributed by atoms with Crippen LogP contribution in [-0.2, 0) is 11.3 Å². The number of morpholine rings is 1. The number of nitrogens with one attached hydrogen (secondary N) is 2. The normalized spacial score (nSPS) is 15.8. The van der Waals surface area contributed by atoms with Gasteiger partial charge in [0, 0.05) is 31.9 Å². The molecule has 6 nitrogen and oxygen atoms in total. The molecule has 0 spiro atoms. The number of guanidine groups is 1. The van der Waals surface area contributed by atoms with Crippen LogP contribution >= 0.6 is 0 Å². The van der Waals surface area contributed by atoms with Crippen molar-refractivity contribution in [2.24, 2.45) is 4.99 Å². The molecule has 1 unspecified atom stereocenters. The summed E-state index contributed by atoms with van der Waals surface area (Å²) in [5.41, 5.74) is 3.38. The summed E-state index contributed by atoms with van der Waals surface area (Å²) < 4.78 is 5.48. The van der Waals surface area contributed by atoms with E-state index in [4.69, 9.17) is 9.73 Å². The Morgan fingerprint density at radius 2 is 1.79 bits per heavy atom. The summed E-state index contributed by atoms with van der Waals surface area (Å²) in [5.74, 6) is 0.768. The van der Waals surface area contributed by atoms with Crippen LogP contribution in [0.5, 0.6) is 0 Å². The van der Waals surface area contributed by atoms with Crippen LogP contribution in [0.15, 0.2) is 59.6 Å². The van der Waals surface area contributed by atoms with Gasteiger partial charge in [-0.05, 0) is 30.5 Å². The van der Waals surface area contributed by atoms with E-state index in [2.05, 4.69) is 46.7 Å². The summed E-state index contributed by atoms with van der Waals surface area (Å²) in [7, 11) is 0. The first-order chi connectivity index (χ1) is 14.3. The third kappa shape index (κ3) is 6.48. The number of para-hydroxylation sites is 1. The highest BCUT2D eigenvalue weighted by Crippen LogP contribution is 2.22. The molecule has 0 amide bonds. The number of anilines is 1. The van der Waals surface area contributed by atoms with Gasteiger partial charge in [0.05, 0.1) is 25.9 Å². The Bertz CT molecular complexity index is 760. The van der Waals surface area contributed by atoms with Gasteiger partial charge in [0.25, 0.3) is 0 Å². The topological polar surface area (TPSA) is 69.1 Å². The minimum absolute atomic E-state index is 0.478. The van der Waals surface area contributed by atoms with Crippen molar-refractivity contribution in [2.75, 3.05) is 44.3 Å². The van der Waals surface area contributed by atoms with Crippen molar-refractivity contribution in [3.8, 4) is 0 Å². The van der Waals surface area contributed by atoms with Crippen LogP contribution in [0.1, 0.15) is 30.6 Å². The number of aliphatic hydroxyl groups is 1. The van der Waals surface area contributed by atoms with Gasteiger partial charge in [0.2, 0.25) is 0 Å². The molecule has 0 saturated carbocycles. The van der Waals surface area contributed by atoms with Gasteiger partial charge in [-0.1, -0.05) is 48.5 Å². The van der Waals surface area contributed by atoms with Crippen molar-refractivity contribution in [2.45, 2.75) is 26.0 Å². The predicted octanol–water partition coefficient (Wildman–Crippen LogP) is 2.70. The Labute approximate surface area is 173 Å². The van der Waals surface area contributed by atoms with E-state index in [0.717, 1.165) is 44.4 Å². The molecule has 29 heavy (non-hydrogen) atoms. The lowest BCUT2D eigenvalue weighted by Gasteiger charge is -2.30. The molecular formula is C23H32N4O2. The van der Waals surface area contributed by atoms with Gasteiger partial charge in [-0.2, -0.15) is 0 Å². The molecule has 1 aliphatic heterocycles. The fourth-order valence-electron chi connectivity index (χ4n) is 3.43. The van der Waals surface area contributed by atoms with Crippen molar-refractivity contribution in [3.63, 3.8) is 0 Å². The number of aliphatic hydroxyl groups excluding tert-OH is 1.